The largest absolute Gasteiger partial charge is 0.383 e. The van der Waals surface area contributed by atoms with Crippen LogP contribution in [0.3, 0.4) is 0 Å². The fraction of sp³-hybridized carbons (Fsp3) is 0.773. The van der Waals surface area contributed by atoms with Crippen molar-refractivity contribution in [3.05, 3.63) is 20.8 Å². The van der Waals surface area contributed by atoms with E-state index in [2.05, 4.69) is 4.98 Å². The maximum atomic E-state index is 14.1. The maximum absolute atomic E-state index is 14.1. The molecule has 0 aromatic carbocycles. The Balaban J connectivity index is 1.78. The predicted octanol–water partition coefficient (Wildman–Crippen LogP) is 3.24. The Hall–Kier alpha value is -1.76. The average Bonchev–Trinajstić information content (AvgIpc) is 2.65. The summed E-state index contributed by atoms with van der Waals surface area (Å²) in [7, 11) is 0. The van der Waals surface area contributed by atoms with Gasteiger partial charge in [-0.2, -0.15) is 0 Å². The van der Waals surface area contributed by atoms with Crippen LogP contribution in [-0.2, 0) is 11.3 Å². The molecule has 8 heteroatoms. The fourth-order valence-electron chi connectivity index (χ4n) is 6.60. The molecule has 30 heavy (non-hydrogen) atoms. The highest BCUT2D eigenvalue weighted by Crippen LogP contribution is 2.64. The summed E-state index contributed by atoms with van der Waals surface area (Å²) in [5.74, 6) is 1.00. The van der Waals surface area contributed by atoms with Gasteiger partial charge in [0.25, 0.3) is 5.56 Å². The molecule has 4 fully saturated rings. The SMILES string of the molecule is CCCCN(C(=O)C12C[C@H]3C[C@@H](CC(Cl)(C3)C1)C2)c1c(N)n(CCC)c(=O)[nH]c1=O. The molecule has 3 N–H and O–H groups in total. The Kier molecular flexibility index (Phi) is 5.54. The lowest BCUT2D eigenvalue weighted by Gasteiger charge is -2.59. The first-order valence-electron chi connectivity index (χ1n) is 11.4. The molecular formula is C22H33ClN4O3. The monoisotopic (exact) mass is 436 g/mol. The molecule has 0 radical (unpaired) electrons. The Morgan fingerprint density at radius 1 is 1.20 bits per heavy atom. The van der Waals surface area contributed by atoms with Gasteiger partial charge in [-0.1, -0.05) is 20.3 Å². The minimum Gasteiger partial charge on any atom is -0.383 e. The van der Waals surface area contributed by atoms with Crippen molar-refractivity contribution in [2.45, 2.75) is 83.1 Å². The molecule has 1 aromatic rings. The number of alkyl halides is 1. The molecule has 4 bridgehead atoms. The van der Waals surface area contributed by atoms with E-state index in [1.807, 2.05) is 13.8 Å². The summed E-state index contributed by atoms with van der Waals surface area (Å²) < 4.78 is 1.37. The molecule has 1 heterocycles. The summed E-state index contributed by atoms with van der Waals surface area (Å²) in [6.07, 6.45) is 7.81. The normalized spacial score (nSPS) is 31.8. The van der Waals surface area contributed by atoms with E-state index in [1.165, 1.54) is 4.57 Å². The Morgan fingerprint density at radius 3 is 2.43 bits per heavy atom. The van der Waals surface area contributed by atoms with Gasteiger partial charge in [-0.25, -0.2) is 4.79 Å². The molecule has 4 aliphatic rings. The van der Waals surface area contributed by atoms with Gasteiger partial charge in [0.1, 0.15) is 5.82 Å². The number of nitrogens with zero attached hydrogens (tertiary/aromatic N) is 2. The zero-order valence-electron chi connectivity index (χ0n) is 18.0. The molecule has 0 saturated heterocycles. The van der Waals surface area contributed by atoms with Crippen LogP contribution in [-0.4, -0.2) is 26.9 Å². The van der Waals surface area contributed by atoms with Gasteiger partial charge >= 0.3 is 5.69 Å². The minimum atomic E-state index is -0.584. The van der Waals surface area contributed by atoms with E-state index in [4.69, 9.17) is 17.3 Å². The number of nitrogens with one attached hydrogen (secondary N) is 1. The zero-order valence-corrected chi connectivity index (χ0v) is 18.8. The Morgan fingerprint density at radius 2 is 1.87 bits per heavy atom. The van der Waals surface area contributed by atoms with Gasteiger partial charge in [-0.05, 0) is 63.2 Å². The molecule has 0 unspecified atom stereocenters. The number of H-pyrrole nitrogens is 1. The summed E-state index contributed by atoms with van der Waals surface area (Å²) in [5, 5.41) is 0. The van der Waals surface area contributed by atoms with Gasteiger partial charge in [0.2, 0.25) is 5.91 Å². The third kappa shape index (κ3) is 3.49. The molecule has 7 nitrogen and oxygen atoms in total. The highest BCUT2D eigenvalue weighted by atomic mass is 35.5. The van der Waals surface area contributed by atoms with E-state index in [-0.39, 0.29) is 22.3 Å². The van der Waals surface area contributed by atoms with Crippen LogP contribution in [0.25, 0.3) is 0 Å². The molecule has 2 atom stereocenters. The summed E-state index contributed by atoms with van der Waals surface area (Å²) >= 11 is 6.96. The number of unbranched alkanes of at least 4 members (excludes halogenated alkanes) is 1. The van der Waals surface area contributed by atoms with E-state index < -0.39 is 16.7 Å². The van der Waals surface area contributed by atoms with E-state index in [1.54, 1.807) is 4.90 Å². The van der Waals surface area contributed by atoms with E-state index in [0.717, 1.165) is 44.9 Å². The van der Waals surface area contributed by atoms with Crippen molar-refractivity contribution < 1.29 is 4.79 Å². The standard InChI is InChI=1S/C22H33ClN4O3/c1-3-5-7-26(16-17(24)27(6-4-2)20(30)25-18(16)28)19(29)21-9-14-8-15(10-21)12-22(23,11-14)13-21/h14-15H,3-13,24H2,1-2H3,(H,25,28,30)/t14-,15-,21?,22?/m1/s1. The van der Waals surface area contributed by atoms with Crippen molar-refractivity contribution >= 4 is 29.0 Å². The lowest BCUT2D eigenvalue weighted by Crippen LogP contribution is -2.60. The highest BCUT2D eigenvalue weighted by molar-refractivity contribution is 6.24. The van der Waals surface area contributed by atoms with Crippen LogP contribution in [0.2, 0.25) is 0 Å². The van der Waals surface area contributed by atoms with E-state index in [9.17, 15) is 14.4 Å². The van der Waals surface area contributed by atoms with Crippen LogP contribution in [0.15, 0.2) is 9.59 Å². The second-order valence-electron chi connectivity index (χ2n) is 9.85. The van der Waals surface area contributed by atoms with Crippen LogP contribution in [0.1, 0.15) is 71.6 Å². The fourth-order valence-corrected chi connectivity index (χ4v) is 7.29. The summed E-state index contributed by atoms with van der Waals surface area (Å²) in [6.45, 7) is 4.79. The number of aromatic amines is 1. The lowest BCUT2D eigenvalue weighted by molar-refractivity contribution is -0.141. The van der Waals surface area contributed by atoms with Crippen molar-refractivity contribution in [2.75, 3.05) is 17.2 Å². The second-order valence-corrected chi connectivity index (χ2v) is 10.6. The molecule has 1 amide bonds. The van der Waals surface area contributed by atoms with Gasteiger partial charge in [0.05, 0.1) is 5.41 Å². The van der Waals surface area contributed by atoms with Crippen LogP contribution >= 0.6 is 11.6 Å². The van der Waals surface area contributed by atoms with Crippen LogP contribution < -0.4 is 21.9 Å². The van der Waals surface area contributed by atoms with Gasteiger partial charge in [-0.3, -0.25) is 19.1 Å². The van der Waals surface area contributed by atoms with Gasteiger partial charge < -0.3 is 10.6 Å². The number of hydrogen-bond acceptors (Lipinski definition) is 4. The topological polar surface area (TPSA) is 101 Å². The first kappa shape index (κ1) is 21.5. The molecule has 1 aromatic heterocycles. The van der Waals surface area contributed by atoms with Crippen molar-refractivity contribution in [2.24, 2.45) is 17.3 Å². The van der Waals surface area contributed by atoms with Crippen molar-refractivity contribution in [1.82, 2.24) is 9.55 Å². The lowest BCUT2D eigenvalue weighted by atomic mass is 9.49. The highest BCUT2D eigenvalue weighted by Gasteiger charge is 2.61. The van der Waals surface area contributed by atoms with Crippen LogP contribution in [0, 0.1) is 17.3 Å². The van der Waals surface area contributed by atoms with Crippen molar-refractivity contribution in [1.29, 1.82) is 0 Å². The first-order chi connectivity index (χ1) is 14.2. The zero-order chi connectivity index (χ0) is 21.7. The van der Waals surface area contributed by atoms with E-state index >= 15 is 0 Å². The number of carbonyl (C=O) groups excluding carboxylic acids is 1. The number of nitrogen functional groups attached to an aromatic ring is 1. The molecule has 4 saturated carbocycles. The van der Waals surface area contributed by atoms with Crippen molar-refractivity contribution in [3.8, 4) is 0 Å². The number of amides is 1. The molecular weight excluding hydrogens is 404 g/mol. The molecule has 0 spiro atoms. The number of hydrogen-bond donors (Lipinski definition) is 2. The van der Waals surface area contributed by atoms with Gasteiger partial charge in [-0.15, -0.1) is 11.6 Å². The molecule has 166 valence electrons. The summed E-state index contributed by atoms with van der Waals surface area (Å²) in [5.41, 5.74) is 4.81. The number of anilines is 2. The summed E-state index contributed by atoms with van der Waals surface area (Å²) in [4.78, 5) is 42.9. The number of nitrogens with two attached hydrogens (primary N) is 1. The predicted molar refractivity (Wildman–Crippen MR) is 119 cm³/mol. The Bertz CT molecular complexity index is 939. The van der Waals surface area contributed by atoms with Gasteiger partial charge in [0, 0.05) is 18.0 Å². The first-order valence-corrected chi connectivity index (χ1v) is 11.7. The number of aromatic nitrogens is 2. The smallest absolute Gasteiger partial charge is 0.330 e. The number of halogens is 1. The quantitative estimate of drug-likeness (QED) is 0.640. The third-order valence-corrected chi connectivity index (χ3v) is 7.80. The molecule has 5 rings (SSSR count). The maximum Gasteiger partial charge on any atom is 0.330 e. The Labute approximate surface area is 182 Å². The summed E-state index contributed by atoms with van der Waals surface area (Å²) in [6, 6.07) is 0. The molecule has 4 aliphatic carbocycles. The van der Waals surface area contributed by atoms with Crippen LogP contribution in [0.5, 0.6) is 0 Å². The second kappa shape index (κ2) is 7.74. The van der Waals surface area contributed by atoms with Crippen molar-refractivity contribution in [3.63, 3.8) is 0 Å². The molecule has 0 aliphatic heterocycles. The number of rotatable bonds is 7. The third-order valence-electron chi connectivity index (χ3n) is 7.36. The van der Waals surface area contributed by atoms with Crippen LogP contribution in [0.4, 0.5) is 11.5 Å². The van der Waals surface area contributed by atoms with Gasteiger partial charge in [0.15, 0.2) is 5.69 Å². The average molecular weight is 437 g/mol. The number of carbonyl (C=O) groups is 1. The van der Waals surface area contributed by atoms with E-state index in [0.29, 0.717) is 37.8 Å². The minimum absolute atomic E-state index is 0.0334.